The van der Waals surface area contributed by atoms with Gasteiger partial charge in [-0.05, 0) is 60.7 Å². The van der Waals surface area contributed by atoms with E-state index in [1.54, 1.807) is 0 Å². The molecule has 0 fully saturated rings. The molecule has 2 aromatic rings. The molecule has 1 aromatic heterocycles. The van der Waals surface area contributed by atoms with Gasteiger partial charge in [0.25, 0.3) is 0 Å². The van der Waals surface area contributed by atoms with Crippen molar-refractivity contribution in [2.45, 2.75) is 44.6 Å². The summed E-state index contributed by atoms with van der Waals surface area (Å²) in [7, 11) is 0. The van der Waals surface area contributed by atoms with Gasteiger partial charge in [-0.2, -0.15) is 0 Å². The fraction of sp³-hybridized carbons (Fsp3) is 0.412. The molecule has 0 spiro atoms. The summed E-state index contributed by atoms with van der Waals surface area (Å²) in [5.74, 6) is 0.328. The van der Waals surface area contributed by atoms with Gasteiger partial charge in [0.15, 0.2) is 0 Å². The quantitative estimate of drug-likeness (QED) is 0.892. The van der Waals surface area contributed by atoms with Crippen LogP contribution < -0.4 is 0 Å². The number of aliphatic hydroxyl groups is 1. The van der Waals surface area contributed by atoms with Gasteiger partial charge in [0.2, 0.25) is 0 Å². The summed E-state index contributed by atoms with van der Waals surface area (Å²) in [5.41, 5.74) is 3.96. The lowest BCUT2D eigenvalue weighted by atomic mass is 9.81. The van der Waals surface area contributed by atoms with Crippen molar-refractivity contribution >= 4 is 11.3 Å². The van der Waals surface area contributed by atoms with Crippen LogP contribution in [0, 0.1) is 6.92 Å². The highest BCUT2D eigenvalue weighted by molar-refractivity contribution is 7.10. The van der Waals surface area contributed by atoms with E-state index in [9.17, 15) is 5.11 Å². The third-order valence-corrected chi connectivity index (χ3v) is 5.25. The Hall–Kier alpha value is -1.12. The van der Waals surface area contributed by atoms with Crippen molar-refractivity contribution in [1.82, 2.24) is 0 Å². The number of benzene rings is 1. The first-order valence-corrected chi connectivity index (χ1v) is 7.92. The van der Waals surface area contributed by atoms with Gasteiger partial charge in [0.05, 0.1) is 6.10 Å². The Morgan fingerprint density at radius 3 is 3.00 bits per heavy atom. The van der Waals surface area contributed by atoms with Crippen molar-refractivity contribution in [3.8, 4) is 0 Å². The summed E-state index contributed by atoms with van der Waals surface area (Å²) in [6.45, 7) is 2.12. The van der Waals surface area contributed by atoms with Crippen LogP contribution in [0.4, 0.5) is 0 Å². The molecule has 2 heteroatoms. The van der Waals surface area contributed by atoms with Crippen LogP contribution >= 0.6 is 11.3 Å². The fourth-order valence-electron chi connectivity index (χ4n) is 3.13. The van der Waals surface area contributed by atoms with Crippen molar-refractivity contribution in [2.24, 2.45) is 0 Å². The second-order valence-corrected chi connectivity index (χ2v) is 6.50. The number of aliphatic hydroxyl groups excluding tert-OH is 1. The molecule has 2 atom stereocenters. The van der Waals surface area contributed by atoms with Crippen molar-refractivity contribution in [2.75, 3.05) is 0 Å². The Bertz CT molecular complexity index is 558. The highest BCUT2D eigenvalue weighted by Crippen LogP contribution is 2.37. The topological polar surface area (TPSA) is 20.2 Å². The highest BCUT2D eigenvalue weighted by Gasteiger charge is 2.27. The van der Waals surface area contributed by atoms with Gasteiger partial charge >= 0.3 is 0 Å². The van der Waals surface area contributed by atoms with E-state index in [1.807, 2.05) is 11.3 Å². The lowest BCUT2D eigenvalue weighted by Crippen LogP contribution is -2.24. The maximum absolute atomic E-state index is 10.6. The number of aryl methyl sites for hydroxylation is 2. The zero-order valence-corrected chi connectivity index (χ0v) is 12.1. The van der Waals surface area contributed by atoms with Crippen LogP contribution in [0.25, 0.3) is 0 Å². The van der Waals surface area contributed by atoms with Crippen LogP contribution in [-0.2, 0) is 12.8 Å². The minimum absolute atomic E-state index is 0.255. The van der Waals surface area contributed by atoms with Gasteiger partial charge < -0.3 is 5.11 Å². The lowest BCUT2D eigenvalue weighted by Gasteiger charge is -2.27. The Morgan fingerprint density at radius 1 is 1.32 bits per heavy atom. The van der Waals surface area contributed by atoms with E-state index in [1.165, 1.54) is 34.4 Å². The summed E-state index contributed by atoms with van der Waals surface area (Å²) in [5, 5.41) is 12.8. The molecule has 1 nitrogen and oxygen atoms in total. The Balaban J connectivity index is 1.79. The van der Waals surface area contributed by atoms with Gasteiger partial charge in [-0.3, -0.25) is 0 Å². The number of fused-ring (bicyclic) bond motifs is 1. The smallest absolute Gasteiger partial charge is 0.0649 e. The Labute approximate surface area is 118 Å². The molecule has 0 bridgehead atoms. The molecule has 1 heterocycles. The van der Waals surface area contributed by atoms with E-state index in [4.69, 9.17) is 0 Å². The molecule has 1 aliphatic rings. The summed E-state index contributed by atoms with van der Waals surface area (Å²) in [6, 6.07) is 10.6. The molecule has 2 unspecified atom stereocenters. The first-order valence-electron chi connectivity index (χ1n) is 7.04. The summed E-state index contributed by atoms with van der Waals surface area (Å²) < 4.78 is 0. The molecular formula is C17H20OS. The van der Waals surface area contributed by atoms with Crippen LogP contribution in [0.15, 0.2) is 35.7 Å². The average Bonchev–Trinajstić information content (AvgIpc) is 2.89. The molecule has 19 heavy (non-hydrogen) atoms. The molecule has 0 radical (unpaired) electrons. The van der Waals surface area contributed by atoms with Crippen molar-refractivity contribution in [3.63, 3.8) is 0 Å². The van der Waals surface area contributed by atoms with Gasteiger partial charge in [0, 0.05) is 10.8 Å². The van der Waals surface area contributed by atoms with Crippen molar-refractivity contribution in [1.29, 1.82) is 0 Å². The molecule has 100 valence electrons. The number of rotatable bonds is 3. The zero-order valence-electron chi connectivity index (χ0n) is 11.3. The van der Waals surface area contributed by atoms with E-state index in [2.05, 4.69) is 42.6 Å². The standard InChI is InChI=1S/C17H20OS/c1-12-5-2-3-6-13(12)11-16(18)14-7-4-8-17-15(14)9-10-19-17/h2-3,5-6,9-10,14,16,18H,4,7-8,11H2,1H3. The van der Waals surface area contributed by atoms with Crippen LogP contribution in [0.3, 0.4) is 0 Å². The molecular weight excluding hydrogens is 252 g/mol. The normalized spacial score (nSPS) is 20.0. The monoisotopic (exact) mass is 272 g/mol. The minimum atomic E-state index is -0.255. The van der Waals surface area contributed by atoms with Gasteiger partial charge in [0.1, 0.15) is 0 Å². The molecule has 1 aliphatic carbocycles. The summed E-state index contributed by atoms with van der Waals surface area (Å²) >= 11 is 1.84. The SMILES string of the molecule is Cc1ccccc1CC(O)C1CCCc2sccc21. The van der Waals surface area contributed by atoms with Crippen LogP contribution in [0.1, 0.15) is 40.3 Å². The third-order valence-electron chi connectivity index (χ3n) is 4.25. The summed E-state index contributed by atoms with van der Waals surface area (Å²) in [6.07, 6.45) is 4.04. The first kappa shape index (κ1) is 12.9. The predicted molar refractivity (Wildman–Crippen MR) is 80.9 cm³/mol. The third kappa shape index (κ3) is 2.60. The van der Waals surface area contributed by atoms with E-state index in [0.717, 1.165) is 12.8 Å². The number of thiophene rings is 1. The second kappa shape index (κ2) is 5.48. The first-order chi connectivity index (χ1) is 9.25. The molecule has 0 saturated carbocycles. The minimum Gasteiger partial charge on any atom is -0.392 e. The van der Waals surface area contributed by atoms with Crippen molar-refractivity contribution < 1.29 is 5.11 Å². The average molecular weight is 272 g/mol. The van der Waals surface area contributed by atoms with Gasteiger partial charge in [-0.15, -0.1) is 11.3 Å². The molecule has 0 amide bonds. The van der Waals surface area contributed by atoms with Crippen LogP contribution in [0.2, 0.25) is 0 Å². The maximum atomic E-state index is 10.6. The largest absolute Gasteiger partial charge is 0.392 e. The van der Waals surface area contributed by atoms with E-state index >= 15 is 0 Å². The molecule has 3 rings (SSSR count). The molecule has 0 saturated heterocycles. The number of hydrogen-bond acceptors (Lipinski definition) is 2. The molecule has 1 aromatic carbocycles. The Kier molecular flexibility index (Phi) is 3.72. The Morgan fingerprint density at radius 2 is 2.16 bits per heavy atom. The fourth-order valence-corrected chi connectivity index (χ4v) is 4.13. The van der Waals surface area contributed by atoms with Crippen molar-refractivity contribution in [3.05, 3.63) is 57.3 Å². The zero-order chi connectivity index (χ0) is 13.2. The van der Waals surface area contributed by atoms with Crippen LogP contribution in [-0.4, -0.2) is 11.2 Å². The maximum Gasteiger partial charge on any atom is 0.0649 e. The van der Waals surface area contributed by atoms with E-state index in [0.29, 0.717) is 5.92 Å². The molecule has 1 N–H and O–H groups in total. The van der Waals surface area contributed by atoms with Crippen LogP contribution in [0.5, 0.6) is 0 Å². The number of hydrogen-bond donors (Lipinski definition) is 1. The lowest BCUT2D eigenvalue weighted by molar-refractivity contribution is 0.135. The van der Waals surface area contributed by atoms with Gasteiger partial charge in [-0.1, -0.05) is 24.3 Å². The second-order valence-electron chi connectivity index (χ2n) is 5.50. The highest BCUT2D eigenvalue weighted by atomic mass is 32.1. The predicted octanol–water partition coefficient (Wildman–Crippen LogP) is 4.08. The van der Waals surface area contributed by atoms with Gasteiger partial charge in [-0.25, -0.2) is 0 Å². The molecule has 0 aliphatic heterocycles. The van der Waals surface area contributed by atoms with E-state index < -0.39 is 0 Å². The summed E-state index contributed by atoms with van der Waals surface area (Å²) in [4.78, 5) is 1.49. The van der Waals surface area contributed by atoms with E-state index in [-0.39, 0.29) is 6.10 Å².